The molecular formula is C26H35Cl2N3O5S. The van der Waals surface area contributed by atoms with Crippen LogP contribution in [0.2, 0.25) is 10.0 Å². The lowest BCUT2D eigenvalue weighted by molar-refractivity contribution is -0.140. The second kappa shape index (κ2) is 13.9. The molecule has 0 radical (unpaired) electrons. The highest BCUT2D eigenvalue weighted by atomic mass is 35.5. The Morgan fingerprint density at radius 2 is 1.65 bits per heavy atom. The molecule has 1 N–H and O–H groups in total. The van der Waals surface area contributed by atoms with Crippen LogP contribution in [0, 0.1) is 0 Å². The first-order valence-electron chi connectivity index (χ1n) is 12.1. The summed E-state index contributed by atoms with van der Waals surface area (Å²) in [7, 11) is -3.65. The second-order valence-electron chi connectivity index (χ2n) is 8.90. The van der Waals surface area contributed by atoms with Crippen LogP contribution in [0.4, 0.5) is 5.69 Å². The molecule has 0 bridgehead atoms. The molecule has 2 rings (SSSR count). The van der Waals surface area contributed by atoms with Crippen LogP contribution in [0.1, 0.15) is 46.1 Å². The van der Waals surface area contributed by atoms with Gasteiger partial charge in [-0.2, -0.15) is 0 Å². The summed E-state index contributed by atoms with van der Waals surface area (Å²) in [6.45, 7) is 7.60. The maximum atomic E-state index is 13.4. The van der Waals surface area contributed by atoms with E-state index in [1.54, 1.807) is 49.4 Å². The molecule has 0 aromatic heterocycles. The Hall–Kier alpha value is -2.49. The van der Waals surface area contributed by atoms with Crippen LogP contribution in [-0.4, -0.2) is 56.6 Å². The molecule has 0 saturated carbocycles. The molecule has 1 atom stereocenters. The van der Waals surface area contributed by atoms with Gasteiger partial charge in [0.1, 0.15) is 11.8 Å². The fourth-order valence-corrected chi connectivity index (χ4v) is 5.25. The lowest BCUT2D eigenvalue weighted by atomic mass is 10.1. The normalized spacial score (nSPS) is 12.2. The van der Waals surface area contributed by atoms with Crippen LogP contribution in [-0.2, 0) is 26.2 Å². The summed E-state index contributed by atoms with van der Waals surface area (Å²) in [4.78, 5) is 27.6. The Morgan fingerprint density at radius 1 is 1.03 bits per heavy atom. The van der Waals surface area contributed by atoms with Crippen molar-refractivity contribution < 1.29 is 22.7 Å². The number of hydrogen-bond acceptors (Lipinski definition) is 5. The lowest BCUT2D eigenvalue weighted by Crippen LogP contribution is -2.49. The van der Waals surface area contributed by atoms with Crippen molar-refractivity contribution in [1.29, 1.82) is 0 Å². The number of carbonyl (C=O) groups excluding carboxylic acids is 2. The van der Waals surface area contributed by atoms with E-state index >= 15 is 0 Å². The third-order valence-electron chi connectivity index (χ3n) is 5.57. The zero-order valence-electron chi connectivity index (χ0n) is 21.8. The number of carbonyl (C=O) groups is 2. The lowest BCUT2D eigenvalue weighted by Gasteiger charge is -2.30. The number of ether oxygens (including phenoxy) is 1. The SMILES string of the molecule is CCOc1ccccc1N(CCCC(=O)N(Cc1c(Cl)cccc1Cl)C(C)C(=O)NC(C)C)S(C)(=O)=O. The molecule has 0 fully saturated rings. The zero-order chi connectivity index (χ0) is 27.8. The van der Waals surface area contributed by atoms with Gasteiger partial charge in [0.05, 0.1) is 18.6 Å². The third-order valence-corrected chi connectivity index (χ3v) is 7.46. The fraction of sp³-hybridized carbons (Fsp3) is 0.462. The minimum Gasteiger partial charge on any atom is -0.492 e. The van der Waals surface area contributed by atoms with Crippen molar-refractivity contribution in [2.24, 2.45) is 0 Å². The predicted octanol–water partition coefficient (Wildman–Crippen LogP) is 4.88. The first-order chi connectivity index (χ1) is 17.4. The fourth-order valence-electron chi connectivity index (χ4n) is 3.76. The standard InChI is InChI=1S/C26H35Cl2N3O5S/c1-6-36-24-14-8-7-13-23(24)31(37(5,34)35)16-10-15-25(32)30(19(4)26(33)29-18(2)3)17-20-21(27)11-9-12-22(20)28/h7-9,11-14,18-19H,6,10,15-17H2,1-5H3,(H,29,33). The molecule has 8 nitrogen and oxygen atoms in total. The highest BCUT2D eigenvalue weighted by molar-refractivity contribution is 7.92. The molecule has 204 valence electrons. The van der Waals surface area contributed by atoms with Gasteiger partial charge >= 0.3 is 0 Å². The van der Waals surface area contributed by atoms with Crippen molar-refractivity contribution in [3.8, 4) is 5.75 Å². The Labute approximate surface area is 229 Å². The molecule has 0 saturated heterocycles. The van der Waals surface area contributed by atoms with E-state index < -0.39 is 16.1 Å². The number of sulfonamides is 1. The number of benzene rings is 2. The molecule has 2 aromatic rings. The number of nitrogens with zero attached hydrogens (tertiary/aromatic N) is 2. The Bertz CT molecular complexity index is 1170. The number of para-hydroxylation sites is 2. The molecule has 1 unspecified atom stereocenters. The third kappa shape index (κ3) is 8.79. The minimum atomic E-state index is -3.65. The van der Waals surface area contributed by atoms with Crippen LogP contribution in [0.3, 0.4) is 0 Å². The maximum Gasteiger partial charge on any atom is 0.242 e. The quantitative estimate of drug-likeness (QED) is 0.369. The van der Waals surface area contributed by atoms with E-state index in [1.165, 1.54) is 9.21 Å². The molecule has 0 spiro atoms. The van der Waals surface area contributed by atoms with E-state index in [0.717, 1.165) is 6.26 Å². The number of anilines is 1. The van der Waals surface area contributed by atoms with Crippen molar-refractivity contribution in [1.82, 2.24) is 10.2 Å². The number of rotatable bonds is 13. The van der Waals surface area contributed by atoms with Crippen molar-refractivity contribution in [2.45, 2.75) is 59.2 Å². The molecule has 0 heterocycles. The van der Waals surface area contributed by atoms with Gasteiger partial charge in [-0.3, -0.25) is 13.9 Å². The maximum absolute atomic E-state index is 13.4. The molecular weight excluding hydrogens is 537 g/mol. The number of halogens is 2. The van der Waals surface area contributed by atoms with Gasteiger partial charge in [-0.15, -0.1) is 0 Å². The van der Waals surface area contributed by atoms with E-state index in [0.29, 0.717) is 33.7 Å². The van der Waals surface area contributed by atoms with Crippen LogP contribution in [0.5, 0.6) is 5.75 Å². The number of nitrogens with one attached hydrogen (secondary N) is 1. The van der Waals surface area contributed by atoms with Gasteiger partial charge in [0.2, 0.25) is 21.8 Å². The monoisotopic (exact) mass is 571 g/mol. The Morgan fingerprint density at radius 3 is 2.22 bits per heavy atom. The summed E-state index contributed by atoms with van der Waals surface area (Å²) in [5.41, 5.74) is 0.940. The first-order valence-corrected chi connectivity index (χ1v) is 14.7. The summed E-state index contributed by atoms with van der Waals surface area (Å²) in [6.07, 6.45) is 1.34. The van der Waals surface area contributed by atoms with Gasteiger partial charge in [0.15, 0.2) is 0 Å². The summed E-state index contributed by atoms with van der Waals surface area (Å²) >= 11 is 12.7. The molecule has 0 aliphatic rings. The molecule has 11 heteroatoms. The molecule has 0 aliphatic carbocycles. The van der Waals surface area contributed by atoms with Crippen LogP contribution < -0.4 is 14.4 Å². The van der Waals surface area contributed by atoms with E-state index in [4.69, 9.17) is 27.9 Å². The van der Waals surface area contributed by atoms with Gasteiger partial charge in [0, 0.05) is 41.2 Å². The van der Waals surface area contributed by atoms with E-state index in [2.05, 4.69) is 5.32 Å². The number of amides is 2. The average Bonchev–Trinajstić information content (AvgIpc) is 2.81. The Balaban J connectivity index is 2.26. The topological polar surface area (TPSA) is 96.0 Å². The Kier molecular flexibility index (Phi) is 11.5. The molecule has 2 amide bonds. The van der Waals surface area contributed by atoms with Crippen LogP contribution in [0.15, 0.2) is 42.5 Å². The average molecular weight is 573 g/mol. The predicted molar refractivity (Wildman–Crippen MR) is 149 cm³/mol. The van der Waals surface area contributed by atoms with E-state index in [-0.39, 0.29) is 43.8 Å². The smallest absolute Gasteiger partial charge is 0.242 e. The molecule has 0 aliphatic heterocycles. The summed E-state index contributed by atoms with van der Waals surface area (Å²) in [6, 6.07) is 11.0. The van der Waals surface area contributed by atoms with E-state index in [1.807, 2.05) is 20.8 Å². The van der Waals surface area contributed by atoms with Crippen molar-refractivity contribution in [3.63, 3.8) is 0 Å². The second-order valence-corrected chi connectivity index (χ2v) is 11.6. The van der Waals surface area contributed by atoms with Crippen molar-refractivity contribution in [2.75, 3.05) is 23.7 Å². The number of hydrogen-bond donors (Lipinski definition) is 1. The van der Waals surface area contributed by atoms with Crippen molar-refractivity contribution in [3.05, 3.63) is 58.1 Å². The van der Waals surface area contributed by atoms with E-state index in [9.17, 15) is 18.0 Å². The van der Waals surface area contributed by atoms with Crippen molar-refractivity contribution >= 4 is 50.7 Å². The molecule has 37 heavy (non-hydrogen) atoms. The van der Waals surface area contributed by atoms with Gasteiger partial charge < -0.3 is 15.0 Å². The summed E-state index contributed by atoms with van der Waals surface area (Å²) in [5.74, 6) is -0.195. The van der Waals surface area contributed by atoms with Gasteiger partial charge in [0.25, 0.3) is 0 Å². The molecule has 2 aromatic carbocycles. The van der Waals surface area contributed by atoms with Crippen LogP contribution in [0.25, 0.3) is 0 Å². The van der Waals surface area contributed by atoms with Gasteiger partial charge in [-0.25, -0.2) is 8.42 Å². The first kappa shape index (κ1) is 30.7. The zero-order valence-corrected chi connectivity index (χ0v) is 24.2. The highest BCUT2D eigenvalue weighted by Crippen LogP contribution is 2.31. The summed E-state index contributed by atoms with van der Waals surface area (Å²) < 4.78 is 32.1. The largest absolute Gasteiger partial charge is 0.492 e. The summed E-state index contributed by atoms with van der Waals surface area (Å²) in [5, 5.41) is 3.60. The van der Waals surface area contributed by atoms with Gasteiger partial charge in [-0.1, -0.05) is 41.4 Å². The highest BCUT2D eigenvalue weighted by Gasteiger charge is 2.28. The minimum absolute atomic E-state index is 0.00416. The van der Waals surface area contributed by atoms with Gasteiger partial charge in [-0.05, 0) is 58.4 Å². The van der Waals surface area contributed by atoms with Crippen LogP contribution >= 0.6 is 23.2 Å².